The zero-order chi connectivity index (χ0) is 15.6. The third kappa shape index (κ3) is 2.82. The van der Waals surface area contributed by atoms with Gasteiger partial charge in [-0.2, -0.15) is 0 Å². The van der Waals surface area contributed by atoms with Gasteiger partial charge < -0.3 is 19.4 Å². The molecule has 0 radical (unpaired) electrons. The first kappa shape index (κ1) is 14.3. The van der Waals surface area contributed by atoms with Gasteiger partial charge in [0.25, 0.3) is 5.91 Å². The number of nitrogens with one attached hydrogen (secondary N) is 1. The van der Waals surface area contributed by atoms with Gasteiger partial charge in [0.1, 0.15) is 11.6 Å². The van der Waals surface area contributed by atoms with Crippen LogP contribution in [0, 0.1) is 0 Å². The van der Waals surface area contributed by atoms with E-state index in [0.29, 0.717) is 18.8 Å². The number of ether oxygens (including phenoxy) is 2. The second kappa shape index (κ2) is 6.04. The van der Waals surface area contributed by atoms with Crippen LogP contribution < -0.4 is 10.1 Å². The third-order valence-corrected chi connectivity index (χ3v) is 4.28. The Bertz CT molecular complexity index is 720. The number of nitrogens with zero attached hydrogens (tertiary/aromatic N) is 2. The van der Waals surface area contributed by atoms with Crippen LogP contribution in [-0.2, 0) is 11.2 Å². The molecule has 1 atom stereocenters. The first-order valence-electron chi connectivity index (χ1n) is 7.99. The predicted molar refractivity (Wildman–Crippen MR) is 84.1 cm³/mol. The van der Waals surface area contributed by atoms with Crippen molar-refractivity contribution in [2.75, 3.05) is 19.8 Å². The maximum atomic E-state index is 12.5. The molecule has 0 aliphatic carbocycles. The summed E-state index contributed by atoms with van der Waals surface area (Å²) < 4.78 is 13.2. The van der Waals surface area contributed by atoms with Gasteiger partial charge in [-0.1, -0.05) is 0 Å². The zero-order valence-electron chi connectivity index (χ0n) is 12.8. The normalized spacial score (nSPS) is 19.9. The summed E-state index contributed by atoms with van der Waals surface area (Å²) in [5.74, 6) is 1.65. The van der Waals surface area contributed by atoms with Crippen LogP contribution in [0.4, 0.5) is 0 Å². The van der Waals surface area contributed by atoms with Crippen molar-refractivity contribution in [1.29, 1.82) is 0 Å². The molecule has 0 bridgehead atoms. The molecular weight excluding hydrogens is 294 g/mol. The Morgan fingerprint density at radius 3 is 3.17 bits per heavy atom. The monoisotopic (exact) mass is 313 g/mol. The highest BCUT2D eigenvalue weighted by molar-refractivity contribution is 5.95. The molecule has 0 saturated carbocycles. The molecule has 120 valence electrons. The number of rotatable bonds is 2. The van der Waals surface area contributed by atoms with Crippen LogP contribution in [0.1, 0.15) is 29.0 Å². The topological polar surface area (TPSA) is 65.4 Å². The molecule has 6 nitrogen and oxygen atoms in total. The van der Waals surface area contributed by atoms with Crippen molar-refractivity contribution in [1.82, 2.24) is 14.9 Å². The van der Waals surface area contributed by atoms with E-state index in [0.717, 1.165) is 43.1 Å². The van der Waals surface area contributed by atoms with Gasteiger partial charge >= 0.3 is 0 Å². The highest BCUT2D eigenvalue weighted by atomic mass is 16.5. The predicted octanol–water partition coefficient (Wildman–Crippen LogP) is 1.72. The largest absolute Gasteiger partial charge is 0.491 e. The molecule has 2 aliphatic rings. The Kier molecular flexibility index (Phi) is 3.75. The Hall–Kier alpha value is -2.34. The molecule has 1 aromatic heterocycles. The van der Waals surface area contributed by atoms with Crippen LogP contribution in [-0.4, -0.2) is 41.3 Å². The average Bonchev–Trinajstić information content (AvgIpc) is 2.97. The van der Waals surface area contributed by atoms with E-state index in [9.17, 15) is 4.79 Å². The highest BCUT2D eigenvalue weighted by Gasteiger charge is 2.20. The van der Waals surface area contributed by atoms with E-state index in [1.54, 1.807) is 12.3 Å². The number of aromatic nitrogens is 2. The minimum absolute atomic E-state index is 0.0748. The highest BCUT2D eigenvalue weighted by Crippen LogP contribution is 2.28. The Labute approximate surface area is 134 Å². The molecule has 1 fully saturated rings. The lowest BCUT2D eigenvalue weighted by Gasteiger charge is -2.23. The third-order valence-electron chi connectivity index (χ3n) is 4.28. The molecule has 23 heavy (non-hydrogen) atoms. The van der Waals surface area contributed by atoms with Crippen molar-refractivity contribution in [3.8, 4) is 11.4 Å². The van der Waals surface area contributed by atoms with E-state index in [2.05, 4.69) is 10.3 Å². The Morgan fingerprint density at radius 2 is 2.30 bits per heavy atom. The fourth-order valence-corrected chi connectivity index (χ4v) is 3.08. The Balaban J connectivity index is 1.61. The van der Waals surface area contributed by atoms with Gasteiger partial charge in [0.15, 0.2) is 0 Å². The molecular formula is C17H19N3O3. The summed E-state index contributed by atoms with van der Waals surface area (Å²) in [5.41, 5.74) is 1.49. The van der Waals surface area contributed by atoms with Gasteiger partial charge in [-0.15, -0.1) is 0 Å². The summed E-state index contributed by atoms with van der Waals surface area (Å²) in [6, 6.07) is 5.62. The van der Waals surface area contributed by atoms with Gasteiger partial charge in [0.05, 0.1) is 24.9 Å². The van der Waals surface area contributed by atoms with Gasteiger partial charge in [-0.05, 0) is 31.0 Å². The first-order chi connectivity index (χ1) is 11.3. The number of hydrogen-bond donors (Lipinski definition) is 1. The second-order valence-corrected chi connectivity index (χ2v) is 5.88. The average molecular weight is 313 g/mol. The molecule has 6 heteroatoms. The van der Waals surface area contributed by atoms with Crippen molar-refractivity contribution in [2.45, 2.75) is 25.3 Å². The van der Waals surface area contributed by atoms with Gasteiger partial charge in [-0.3, -0.25) is 4.79 Å². The number of carbonyl (C=O) groups is 1. The van der Waals surface area contributed by atoms with E-state index in [1.807, 2.05) is 22.9 Å². The molecule has 1 N–H and O–H groups in total. The number of benzene rings is 1. The summed E-state index contributed by atoms with van der Waals surface area (Å²) in [6.07, 6.45) is 6.38. The van der Waals surface area contributed by atoms with Crippen molar-refractivity contribution in [3.63, 3.8) is 0 Å². The van der Waals surface area contributed by atoms with Gasteiger partial charge in [0.2, 0.25) is 0 Å². The van der Waals surface area contributed by atoms with Crippen LogP contribution >= 0.6 is 0 Å². The summed E-state index contributed by atoms with van der Waals surface area (Å²) in [5, 5.41) is 3.05. The van der Waals surface area contributed by atoms with Crippen LogP contribution in [0.15, 0.2) is 30.6 Å². The van der Waals surface area contributed by atoms with Crippen molar-refractivity contribution in [2.24, 2.45) is 0 Å². The molecule has 1 aromatic carbocycles. The van der Waals surface area contributed by atoms with Crippen molar-refractivity contribution >= 4 is 5.91 Å². The molecule has 0 unspecified atom stereocenters. The van der Waals surface area contributed by atoms with E-state index in [4.69, 9.17) is 9.47 Å². The summed E-state index contributed by atoms with van der Waals surface area (Å²) in [4.78, 5) is 16.9. The number of carbonyl (C=O) groups excluding carboxylic acids is 1. The standard InChI is InChI=1S/C17H19N3O3/c21-17(19-13-2-1-8-22-11-13)12-3-4-15-14(10-12)20-7-6-18-16(20)5-9-23-15/h3-4,6-7,10,13H,1-2,5,8-9,11H2,(H,19,21)/t13-/m1/s1. The zero-order valence-corrected chi connectivity index (χ0v) is 12.8. The lowest BCUT2D eigenvalue weighted by molar-refractivity contribution is 0.0624. The van der Waals surface area contributed by atoms with Crippen LogP contribution in [0.5, 0.6) is 5.75 Å². The van der Waals surface area contributed by atoms with E-state index in [1.165, 1.54) is 0 Å². The molecule has 1 amide bonds. The molecule has 0 spiro atoms. The van der Waals surface area contributed by atoms with Gasteiger partial charge in [-0.25, -0.2) is 4.98 Å². The quantitative estimate of drug-likeness (QED) is 0.917. The summed E-state index contributed by atoms with van der Waals surface area (Å²) in [7, 11) is 0. The van der Waals surface area contributed by atoms with Crippen LogP contribution in [0.2, 0.25) is 0 Å². The fraction of sp³-hybridized carbons (Fsp3) is 0.412. The minimum atomic E-state index is -0.0748. The van der Waals surface area contributed by atoms with E-state index in [-0.39, 0.29) is 11.9 Å². The van der Waals surface area contributed by atoms with Crippen molar-refractivity contribution < 1.29 is 14.3 Å². The van der Waals surface area contributed by atoms with Crippen molar-refractivity contribution in [3.05, 3.63) is 42.0 Å². The van der Waals surface area contributed by atoms with Gasteiger partial charge in [0, 0.05) is 31.0 Å². The Morgan fingerprint density at radius 1 is 1.35 bits per heavy atom. The van der Waals surface area contributed by atoms with E-state index >= 15 is 0 Å². The van der Waals surface area contributed by atoms with Crippen LogP contribution in [0.25, 0.3) is 5.69 Å². The number of hydrogen-bond acceptors (Lipinski definition) is 4. The SMILES string of the molecule is O=C(N[C@@H]1CCCOC1)c1ccc2c(c1)-n1ccnc1CCO2. The summed E-state index contributed by atoms with van der Waals surface area (Å²) >= 11 is 0. The molecule has 3 heterocycles. The second-order valence-electron chi connectivity index (χ2n) is 5.88. The van der Waals surface area contributed by atoms with E-state index < -0.39 is 0 Å². The smallest absolute Gasteiger partial charge is 0.251 e. The molecule has 2 aliphatic heterocycles. The molecule has 4 rings (SSSR count). The molecule has 2 aromatic rings. The fourth-order valence-electron chi connectivity index (χ4n) is 3.08. The summed E-state index contributed by atoms with van der Waals surface area (Å²) in [6.45, 7) is 1.96. The maximum Gasteiger partial charge on any atom is 0.251 e. The number of fused-ring (bicyclic) bond motifs is 3. The molecule has 1 saturated heterocycles. The number of amides is 1. The lowest BCUT2D eigenvalue weighted by Crippen LogP contribution is -2.40. The lowest BCUT2D eigenvalue weighted by atomic mass is 10.1. The minimum Gasteiger partial charge on any atom is -0.491 e. The number of imidazole rings is 1. The maximum absolute atomic E-state index is 12.5. The van der Waals surface area contributed by atoms with Crippen LogP contribution in [0.3, 0.4) is 0 Å². The first-order valence-corrected chi connectivity index (χ1v) is 7.99.